The van der Waals surface area contributed by atoms with Crippen LogP contribution in [0.4, 0.5) is 0 Å². The maximum atomic E-state index is 15.2. The Hall–Kier alpha value is -10.2. The second kappa shape index (κ2) is 36.5. The molecule has 0 spiro atoms. The fourth-order valence-corrected chi connectivity index (χ4v) is 10.6. The van der Waals surface area contributed by atoms with Crippen LogP contribution in [-0.4, -0.2) is 149 Å². The molecule has 0 saturated heterocycles. The average Bonchev–Trinajstić information content (AvgIpc) is 1.70. The zero-order chi connectivity index (χ0) is 66.5. The van der Waals surface area contributed by atoms with Crippen molar-refractivity contribution in [3.05, 3.63) is 108 Å². The Labute approximate surface area is 533 Å². The van der Waals surface area contributed by atoms with Crippen molar-refractivity contribution >= 4 is 97.8 Å². The van der Waals surface area contributed by atoms with E-state index in [0.29, 0.717) is 48.9 Å². The summed E-state index contributed by atoms with van der Waals surface area (Å²) >= 11 is 0. The Balaban J connectivity index is 1.30. The Morgan fingerprint density at radius 2 is 0.761 bits per heavy atom. The molecular weight excluding hydrogens is 1180 g/mol. The molecule has 8 amide bonds. The van der Waals surface area contributed by atoms with Gasteiger partial charge in [0.1, 0.15) is 36.3 Å². The van der Waals surface area contributed by atoms with E-state index in [0.717, 1.165) is 52.0 Å². The fourth-order valence-electron chi connectivity index (χ4n) is 10.6. The molecule has 0 fully saturated rings. The number of carbonyl (C=O) groups is 8. The van der Waals surface area contributed by atoms with E-state index >= 15 is 9.59 Å². The van der Waals surface area contributed by atoms with Crippen molar-refractivity contribution < 1.29 is 38.4 Å². The maximum Gasteiger partial charge on any atom is 0.243 e. The first-order valence-corrected chi connectivity index (χ1v) is 31.2. The number of nitrogens with two attached hydrogens (primary N) is 8. The molecular formula is C63H91N21O8. The van der Waals surface area contributed by atoms with Crippen LogP contribution >= 0.6 is 0 Å². The van der Waals surface area contributed by atoms with Gasteiger partial charge >= 0.3 is 0 Å². The summed E-state index contributed by atoms with van der Waals surface area (Å²) in [5.74, 6) is -6.05. The van der Waals surface area contributed by atoms with E-state index in [1.54, 1.807) is 18.6 Å². The Morgan fingerprint density at radius 3 is 1.15 bits per heavy atom. The van der Waals surface area contributed by atoms with Gasteiger partial charge < -0.3 is 98.0 Å². The molecule has 29 nitrogen and oxygen atoms in total. The monoisotopic (exact) mass is 1270 g/mol. The number of carbonyl (C=O) groups excluding carboxylic acids is 8. The molecule has 6 rings (SSSR count). The van der Waals surface area contributed by atoms with Gasteiger partial charge in [0, 0.05) is 103 Å². The number of benzene rings is 3. The zero-order valence-electron chi connectivity index (χ0n) is 52.1. The standard InChI is InChI=1S/C63H91N21O8/c1-2-3-4-26-53(85)72-27-12-11-23-47(54(65)86)79-58(90)51(32-38-35-77-45-21-9-6-17-41(38)45)83-56(88)49(25-15-30-75-63(70)71)81-60(92)52(33-39-36-78-46-22-10-7-18-42(39)46)84-57(89)48(24-14-29-74-62(68)69)80-59(91)50(31-37-34-76-44-20-8-5-16-40(37)44)82-55(87)43(64)19-13-28-73-61(66)67/h5-10,16-18,20-22,34-36,43,47-52,76-78H,2-4,11-15,19,23-33,64H2,1H3,(H2,65,86)(H,72,85)(H,79,90)(H,80,91)(H,81,92)(H,82,87)(H,83,88)(H,84,89)(H4,66,67,73)(H4,68,69,74)(H4,70,71,75)/t43-,47-,48-,49-,50-,51-,52-/m0/s1. The quantitative estimate of drug-likeness (QED) is 0.0136. The van der Waals surface area contributed by atoms with Crippen LogP contribution in [0.5, 0.6) is 0 Å². The molecule has 3 heterocycles. The molecule has 6 aromatic rings. The van der Waals surface area contributed by atoms with Gasteiger partial charge in [0.15, 0.2) is 17.9 Å². The molecule has 0 aliphatic heterocycles. The largest absolute Gasteiger partial charge is 0.370 e. The molecule has 0 radical (unpaired) electrons. The Morgan fingerprint density at radius 1 is 0.413 bits per heavy atom. The minimum Gasteiger partial charge on any atom is -0.370 e. The highest BCUT2D eigenvalue weighted by Gasteiger charge is 2.35. The lowest BCUT2D eigenvalue weighted by molar-refractivity contribution is -0.135. The van der Waals surface area contributed by atoms with E-state index in [2.05, 4.69) is 74.1 Å². The molecule has 0 saturated carbocycles. The van der Waals surface area contributed by atoms with Crippen LogP contribution in [0.3, 0.4) is 0 Å². The summed E-state index contributed by atoms with van der Waals surface area (Å²) in [5, 5.41) is 22.1. The second-order valence-electron chi connectivity index (χ2n) is 22.7. The van der Waals surface area contributed by atoms with Crippen molar-refractivity contribution in [2.75, 3.05) is 26.2 Å². The number of nitrogens with one attached hydrogen (secondary N) is 10. The number of nitrogens with zero attached hydrogens (tertiary/aromatic N) is 3. The molecule has 7 atom stereocenters. The van der Waals surface area contributed by atoms with Crippen LogP contribution in [0.25, 0.3) is 32.7 Å². The number of rotatable bonds is 40. The van der Waals surface area contributed by atoms with Gasteiger partial charge in [-0.05, 0) is 99.1 Å². The highest BCUT2D eigenvalue weighted by atomic mass is 16.2. The topological polar surface area (TPSA) is 513 Å². The molecule has 92 heavy (non-hydrogen) atoms. The van der Waals surface area contributed by atoms with E-state index in [1.807, 2.05) is 72.8 Å². The molecule has 0 bridgehead atoms. The summed E-state index contributed by atoms with van der Waals surface area (Å²) < 4.78 is 0. The lowest BCUT2D eigenvalue weighted by atomic mass is 10.0. The number of hydrogen-bond donors (Lipinski definition) is 18. The van der Waals surface area contributed by atoms with E-state index in [4.69, 9.17) is 45.9 Å². The number of unbranched alkanes of at least 4 members (excludes halogenated alkanes) is 3. The number of aromatic amines is 3. The normalized spacial score (nSPS) is 13.5. The van der Waals surface area contributed by atoms with E-state index in [-0.39, 0.29) is 101 Å². The van der Waals surface area contributed by atoms with Crippen LogP contribution in [0, 0.1) is 0 Å². The third kappa shape index (κ3) is 22.7. The lowest BCUT2D eigenvalue weighted by Crippen LogP contribution is -2.60. The van der Waals surface area contributed by atoms with Crippen LogP contribution in [0.2, 0.25) is 0 Å². The van der Waals surface area contributed by atoms with Crippen molar-refractivity contribution in [1.82, 2.24) is 52.2 Å². The maximum absolute atomic E-state index is 15.2. The smallest absolute Gasteiger partial charge is 0.243 e. The van der Waals surface area contributed by atoms with Gasteiger partial charge in [-0.3, -0.25) is 53.3 Å². The van der Waals surface area contributed by atoms with Crippen molar-refractivity contribution in [2.45, 2.75) is 152 Å². The van der Waals surface area contributed by atoms with Crippen molar-refractivity contribution in [2.24, 2.45) is 60.8 Å². The van der Waals surface area contributed by atoms with Crippen LogP contribution in [0.1, 0.15) is 107 Å². The minimum absolute atomic E-state index is 0.0356. The summed E-state index contributed by atoms with van der Waals surface area (Å²) in [4.78, 5) is 135. The van der Waals surface area contributed by atoms with Crippen LogP contribution < -0.4 is 83.1 Å². The number of aliphatic imine (C=N–C) groups is 3. The van der Waals surface area contributed by atoms with Crippen LogP contribution in [0.15, 0.2) is 106 Å². The van der Waals surface area contributed by atoms with Gasteiger partial charge in [-0.2, -0.15) is 0 Å². The molecule has 0 unspecified atom stereocenters. The first kappa shape index (κ1) is 70.9. The highest BCUT2D eigenvalue weighted by molar-refractivity contribution is 5.99. The number of H-pyrrole nitrogens is 3. The number of amides is 8. The minimum atomic E-state index is -1.46. The van der Waals surface area contributed by atoms with Crippen molar-refractivity contribution in [3.8, 4) is 0 Å². The van der Waals surface area contributed by atoms with E-state index < -0.39 is 83.6 Å². The van der Waals surface area contributed by atoms with Gasteiger partial charge in [-0.25, -0.2) is 0 Å². The first-order valence-electron chi connectivity index (χ1n) is 31.2. The summed E-state index contributed by atoms with van der Waals surface area (Å²) in [6.07, 6.45) is 9.66. The number of fused-ring (bicyclic) bond motifs is 3. The predicted molar refractivity (Wildman–Crippen MR) is 355 cm³/mol. The predicted octanol–water partition coefficient (Wildman–Crippen LogP) is -0.0926. The van der Waals surface area contributed by atoms with Gasteiger partial charge in [-0.1, -0.05) is 74.4 Å². The number of primary amides is 1. The average molecular weight is 1270 g/mol. The first-order chi connectivity index (χ1) is 44.2. The summed E-state index contributed by atoms with van der Waals surface area (Å²) in [5.41, 5.74) is 50.0. The molecule has 496 valence electrons. The number of para-hydroxylation sites is 3. The Bertz CT molecular complexity index is 3530. The highest BCUT2D eigenvalue weighted by Crippen LogP contribution is 2.23. The molecule has 3 aromatic carbocycles. The molecule has 0 aliphatic rings. The van der Waals surface area contributed by atoms with E-state index in [9.17, 15) is 28.8 Å². The number of aromatic nitrogens is 3. The number of guanidine groups is 3. The van der Waals surface area contributed by atoms with Gasteiger partial charge in [0.2, 0.25) is 47.3 Å². The molecule has 26 N–H and O–H groups in total. The van der Waals surface area contributed by atoms with Crippen molar-refractivity contribution in [3.63, 3.8) is 0 Å². The fraction of sp³-hybridized carbons (Fsp3) is 0.444. The SMILES string of the molecule is CCCCCC(=O)NCCCC[C@H](NC(=O)[C@H](Cc1c[nH]c2ccccc12)NC(=O)[C@H](CCCN=C(N)N)NC(=O)[C@H](Cc1c[nH]c2ccccc12)NC(=O)[C@H](CCCN=C(N)N)NC(=O)[C@H](Cc1c[nH]c2ccccc12)NC(=O)[C@@H](N)CCCN=C(N)N)C(N)=O. The summed E-state index contributed by atoms with van der Waals surface area (Å²) in [6, 6.07) is 12.9. The van der Waals surface area contributed by atoms with Gasteiger partial charge in [0.25, 0.3) is 0 Å². The van der Waals surface area contributed by atoms with Crippen molar-refractivity contribution in [1.29, 1.82) is 0 Å². The summed E-state index contributed by atoms with van der Waals surface area (Å²) in [7, 11) is 0. The molecule has 3 aromatic heterocycles. The third-order valence-electron chi connectivity index (χ3n) is 15.6. The summed E-state index contributed by atoms with van der Waals surface area (Å²) in [6.45, 7) is 2.71. The Kier molecular flexibility index (Phi) is 28.1. The second-order valence-corrected chi connectivity index (χ2v) is 22.7. The van der Waals surface area contributed by atoms with E-state index in [1.165, 1.54) is 0 Å². The third-order valence-corrected chi connectivity index (χ3v) is 15.6. The van der Waals surface area contributed by atoms with Crippen LogP contribution in [-0.2, 0) is 57.6 Å². The molecule has 0 aliphatic carbocycles. The lowest BCUT2D eigenvalue weighted by Gasteiger charge is -2.28. The zero-order valence-corrected chi connectivity index (χ0v) is 52.1. The number of hydrogen-bond acceptors (Lipinski definition) is 12. The van der Waals surface area contributed by atoms with Gasteiger partial charge in [-0.15, -0.1) is 0 Å². The molecule has 29 heteroatoms. The van der Waals surface area contributed by atoms with Gasteiger partial charge in [0.05, 0.1) is 6.04 Å².